The van der Waals surface area contributed by atoms with Gasteiger partial charge in [-0.05, 0) is 49.0 Å². The lowest BCUT2D eigenvalue weighted by molar-refractivity contribution is 0.296. The highest BCUT2D eigenvalue weighted by Crippen LogP contribution is 2.31. The van der Waals surface area contributed by atoms with Crippen molar-refractivity contribution >= 4 is 46.1 Å². The van der Waals surface area contributed by atoms with E-state index in [0.29, 0.717) is 10.8 Å². The van der Waals surface area contributed by atoms with Gasteiger partial charge in [-0.15, -0.1) is 0 Å². The summed E-state index contributed by atoms with van der Waals surface area (Å²) in [4.78, 5) is 5.65. The number of hydrogen-bond donors (Lipinski definition) is 4. The zero-order chi connectivity index (χ0) is 28.8. The minimum absolute atomic E-state index is 0.128. The van der Waals surface area contributed by atoms with Crippen molar-refractivity contribution in [1.29, 1.82) is 0 Å². The number of aryl methyl sites for hydroxylation is 1. The van der Waals surface area contributed by atoms with Crippen molar-refractivity contribution in [3.8, 4) is 27.6 Å². The van der Waals surface area contributed by atoms with Crippen LogP contribution in [0.1, 0.15) is 16.1 Å². The molecule has 0 aliphatic rings. The Morgan fingerprint density at radius 2 is 1.71 bits per heavy atom. The molecule has 10 nitrogen and oxygen atoms in total. The summed E-state index contributed by atoms with van der Waals surface area (Å²) in [6, 6.07) is 28.5. The molecule has 3 aromatic carbocycles. The van der Waals surface area contributed by atoms with Crippen molar-refractivity contribution in [1.82, 2.24) is 25.6 Å². The predicted molar refractivity (Wildman–Crippen MR) is 168 cm³/mol. The van der Waals surface area contributed by atoms with Crippen LogP contribution in [0, 0.1) is 12.1 Å². The summed E-state index contributed by atoms with van der Waals surface area (Å²) >= 11 is 6.54. The normalized spacial score (nSPS) is 11.6. The molecule has 5 aromatic rings. The number of hydrazone groups is 1. The SMILES string of the molecule is Cc1nc(-n2nc(-c3ccccc3)cc2-c2ccccc2)sc1C(/C=C\c1ccc(N([O-])O)cc1)=N\NC(=S)NN. The summed E-state index contributed by atoms with van der Waals surface area (Å²) in [5.41, 5.74) is 11.1. The number of aromatic nitrogens is 3. The Morgan fingerprint density at radius 3 is 2.34 bits per heavy atom. The number of nitrogens with one attached hydrogen (secondary N) is 2. The van der Waals surface area contributed by atoms with Gasteiger partial charge < -0.3 is 10.4 Å². The number of allylic oxidation sites excluding steroid dienone is 1. The van der Waals surface area contributed by atoms with Crippen LogP contribution in [0.3, 0.4) is 0 Å². The van der Waals surface area contributed by atoms with Crippen molar-refractivity contribution in [3.63, 3.8) is 0 Å². The molecule has 5 rings (SSSR count). The van der Waals surface area contributed by atoms with Crippen molar-refractivity contribution in [2.75, 3.05) is 5.23 Å². The van der Waals surface area contributed by atoms with Crippen LogP contribution in [-0.4, -0.2) is 30.8 Å². The highest BCUT2D eigenvalue weighted by molar-refractivity contribution is 7.80. The van der Waals surface area contributed by atoms with Crippen molar-refractivity contribution < 1.29 is 5.21 Å². The van der Waals surface area contributed by atoms with E-state index in [1.54, 1.807) is 18.2 Å². The Bertz CT molecular complexity index is 1700. The maximum absolute atomic E-state index is 11.1. The van der Waals surface area contributed by atoms with E-state index in [9.17, 15) is 5.21 Å². The van der Waals surface area contributed by atoms with Crippen LogP contribution in [0.5, 0.6) is 0 Å². The Morgan fingerprint density at radius 1 is 1.05 bits per heavy atom. The zero-order valence-corrected chi connectivity index (χ0v) is 23.4. The second kappa shape index (κ2) is 12.6. The van der Waals surface area contributed by atoms with Crippen LogP contribution in [0.4, 0.5) is 5.69 Å². The van der Waals surface area contributed by atoms with Gasteiger partial charge in [-0.1, -0.05) is 90.2 Å². The van der Waals surface area contributed by atoms with Crippen molar-refractivity contribution in [3.05, 3.63) is 118 Å². The maximum atomic E-state index is 11.1. The van der Waals surface area contributed by atoms with Gasteiger partial charge in [0.25, 0.3) is 0 Å². The molecule has 2 aromatic heterocycles. The van der Waals surface area contributed by atoms with Crippen LogP contribution in [0.25, 0.3) is 33.7 Å². The fraction of sp³-hybridized carbons (Fsp3) is 0.0345. The van der Waals surface area contributed by atoms with Gasteiger partial charge in [0.05, 0.1) is 27.6 Å². The van der Waals surface area contributed by atoms with Crippen LogP contribution in [0.15, 0.2) is 102 Å². The van der Waals surface area contributed by atoms with E-state index in [1.165, 1.54) is 23.5 Å². The molecule has 5 N–H and O–H groups in total. The standard InChI is InChI=1S/C29H25N8O2S2/c1-19-27(24(33-34-28(40)32-30)17-14-20-12-15-23(16-13-20)37(38)39)41-29(31-19)36-26(22-10-6-3-7-11-22)18-25(35-36)21-8-4-2-5-9-21/h2-18,38H,30H2,1H3,(H2,32,34,40)/q-1/b17-14-,33-24-. The van der Waals surface area contributed by atoms with Crippen LogP contribution in [0.2, 0.25) is 0 Å². The summed E-state index contributed by atoms with van der Waals surface area (Å²) < 4.78 is 1.85. The molecule has 12 heteroatoms. The molecular weight excluding hydrogens is 557 g/mol. The highest BCUT2D eigenvalue weighted by Gasteiger charge is 2.19. The lowest BCUT2D eigenvalue weighted by Crippen LogP contribution is -2.37. The average Bonchev–Trinajstić information content (AvgIpc) is 3.62. The molecule has 0 spiro atoms. The largest absolute Gasteiger partial charge is 0.733 e. The van der Waals surface area contributed by atoms with E-state index >= 15 is 0 Å². The number of nitrogens with two attached hydrogens (primary N) is 1. The van der Waals surface area contributed by atoms with E-state index in [0.717, 1.165) is 38.6 Å². The minimum Gasteiger partial charge on any atom is -0.733 e. The molecule has 206 valence electrons. The number of thiocarbonyl (C=S) groups is 1. The Kier molecular flexibility index (Phi) is 8.58. The topological polar surface area (TPSA) is 140 Å². The first-order chi connectivity index (χ1) is 19.9. The van der Waals surface area contributed by atoms with Gasteiger partial charge in [0.15, 0.2) is 0 Å². The molecule has 0 saturated carbocycles. The molecule has 0 saturated heterocycles. The van der Waals surface area contributed by atoms with Gasteiger partial charge >= 0.3 is 0 Å². The van der Waals surface area contributed by atoms with Gasteiger partial charge in [0.2, 0.25) is 10.2 Å². The summed E-state index contributed by atoms with van der Waals surface area (Å²) in [6.07, 6.45) is 3.63. The Labute approximate surface area is 245 Å². The second-order valence-electron chi connectivity index (χ2n) is 8.75. The fourth-order valence-electron chi connectivity index (χ4n) is 4.00. The predicted octanol–water partition coefficient (Wildman–Crippen LogP) is 5.42. The Hall–Kier alpha value is -4.72. The lowest BCUT2D eigenvalue weighted by atomic mass is 10.1. The number of benzene rings is 3. The molecule has 0 fully saturated rings. The van der Waals surface area contributed by atoms with Gasteiger partial charge in [0.1, 0.15) is 5.71 Å². The van der Waals surface area contributed by atoms with E-state index in [1.807, 2.05) is 78.3 Å². The number of hydrazine groups is 1. The van der Waals surface area contributed by atoms with Gasteiger partial charge in [0, 0.05) is 11.1 Å². The number of nitrogens with zero attached hydrogens (tertiary/aromatic N) is 5. The van der Waals surface area contributed by atoms with Gasteiger partial charge in [-0.25, -0.2) is 15.5 Å². The third-order valence-corrected chi connectivity index (χ3v) is 7.37. The number of thiazole rings is 1. The van der Waals surface area contributed by atoms with Gasteiger partial charge in [-0.3, -0.25) is 16.1 Å². The third-order valence-electron chi connectivity index (χ3n) is 6.00. The smallest absolute Gasteiger partial charge is 0.211 e. The zero-order valence-electron chi connectivity index (χ0n) is 21.8. The molecule has 0 aliphatic carbocycles. The molecule has 0 amide bonds. The molecular formula is C29H25N8O2S2-. The van der Waals surface area contributed by atoms with E-state index in [4.69, 9.17) is 33.4 Å². The maximum Gasteiger partial charge on any atom is 0.211 e. The highest BCUT2D eigenvalue weighted by atomic mass is 32.1. The quantitative estimate of drug-likeness (QED) is 0.0818. The molecule has 0 unspecified atom stereocenters. The molecule has 0 bridgehead atoms. The first-order valence-corrected chi connectivity index (χ1v) is 13.6. The fourth-order valence-corrected chi connectivity index (χ4v) is 5.05. The van der Waals surface area contributed by atoms with Crippen LogP contribution >= 0.6 is 23.6 Å². The molecule has 41 heavy (non-hydrogen) atoms. The molecule has 0 radical (unpaired) electrons. The lowest BCUT2D eigenvalue weighted by Gasteiger charge is -2.21. The Balaban J connectivity index is 1.56. The summed E-state index contributed by atoms with van der Waals surface area (Å²) in [6.45, 7) is 1.90. The number of hydrogen-bond acceptors (Lipinski definition) is 9. The first kappa shape index (κ1) is 27.8. The third kappa shape index (κ3) is 6.54. The molecule has 0 aliphatic heterocycles. The molecule has 0 atom stereocenters. The van der Waals surface area contributed by atoms with E-state index in [-0.39, 0.29) is 16.0 Å². The van der Waals surface area contributed by atoms with Crippen LogP contribution in [-0.2, 0) is 0 Å². The summed E-state index contributed by atoms with van der Waals surface area (Å²) in [7, 11) is 0. The summed E-state index contributed by atoms with van der Waals surface area (Å²) in [5.74, 6) is 5.42. The van der Waals surface area contributed by atoms with E-state index < -0.39 is 0 Å². The van der Waals surface area contributed by atoms with Crippen molar-refractivity contribution in [2.24, 2.45) is 10.9 Å². The minimum atomic E-state index is -0.185. The molecule has 2 heterocycles. The second-order valence-corrected chi connectivity index (χ2v) is 10.1. The van der Waals surface area contributed by atoms with Gasteiger partial charge in [-0.2, -0.15) is 10.2 Å². The summed E-state index contributed by atoms with van der Waals surface area (Å²) in [5, 5.41) is 30.3. The first-order valence-electron chi connectivity index (χ1n) is 12.4. The number of anilines is 1. The van der Waals surface area contributed by atoms with Crippen LogP contribution < -0.4 is 21.9 Å². The monoisotopic (exact) mass is 581 g/mol. The average molecular weight is 582 g/mol. The van der Waals surface area contributed by atoms with E-state index in [2.05, 4.69) is 22.0 Å². The number of rotatable bonds is 8. The van der Waals surface area contributed by atoms with Crippen molar-refractivity contribution in [2.45, 2.75) is 6.92 Å².